The number of pyridine rings is 1. The van der Waals surface area contributed by atoms with E-state index in [0.29, 0.717) is 6.42 Å². The third-order valence-corrected chi connectivity index (χ3v) is 1.99. The highest BCUT2D eigenvalue weighted by Gasteiger charge is 2.31. The van der Waals surface area contributed by atoms with Crippen LogP contribution in [-0.2, 0) is 6.18 Å². The maximum atomic E-state index is 12.4. The van der Waals surface area contributed by atoms with Gasteiger partial charge in [0.15, 0.2) is 0 Å². The Bertz CT molecular complexity index is 402. The van der Waals surface area contributed by atoms with Gasteiger partial charge in [-0.05, 0) is 12.5 Å². The van der Waals surface area contributed by atoms with Gasteiger partial charge in [0.2, 0.25) is 5.88 Å². The molecule has 6 heteroatoms. The standard InChI is InChI=1S/C11H12F3NO2/c1-17-10-8(4-2-3-5-16)6-9(7-15-10)11(12,13)14/h2,4,6-7,16H,3,5H2,1H3. The molecule has 1 heterocycles. The van der Waals surface area contributed by atoms with Crippen molar-refractivity contribution in [3.05, 3.63) is 29.5 Å². The first-order valence-corrected chi connectivity index (χ1v) is 4.87. The fourth-order valence-corrected chi connectivity index (χ4v) is 1.20. The van der Waals surface area contributed by atoms with Crippen molar-refractivity contribution in [2.75, 3.05) is 13.7 Å². The van der Waals surface area contributed by atoms with Crippen LogP contribution in [0.15, 0.2) is 18.3 Å². The number of methoxy groups -OCH3 is 1. The highest BCUT2D eigenvalue weighted by molar-refractivity contribution is 5.55. The second kappa shape index (κ2) is 5.67. The largest absolute Gasteiger partial charge is 0.481 e. The van der Waals surface area contributed by atoms with E-state index in [9.17, 15) is 13.2 Å². The molecule has 0 atom stereocenters. The van der Waals surface area contributed by atoms with Gasteiger partial charge in [0.05, 0.1) is 12.7 Å². The Kier molecular flexibility index (Phi) is 4.51. The molecular formula is C11H12F3NO2. The number of halogens is 3. The molecule has 0 aromatic carbocycles. The number of nitrogens with zero attached hydrogens (tertiary/aromatic N) is 1. The summed E-state index contributed by atoms with van der Waals surface area (Å²) in [5.41, 5.74) is -0.599. The zero-order valence-corrected chi connectivity index (χ0v) is 9.16. The minimum absolute atomic E-state index is 0.0643. The lowest BCUT2D eigenvalue weighted by atomic mass is 10.1. The number of aliphatic hydroxyl groups excluding tert-OH is 1. The molecule has 3 nitrogen and oxygen atoms in total. The predicted molar refractivity (Wildman–Crippen MR) is 56.5 cm³/mol. The van der Waals surface area contributed by atoms with Gasteiger partial charge < -0.3 is 9.84 Å². The van der Waals surface area contributed by atoms with E-state index in [4.69, 9.17) is 9.84 Å². The van der Waals surface area contributed by atoms with Crippen molar-refractivity contribution in [1.29, 1.82) is 0 Å². The highest BCUT2D eigenvalue weighted by atomic mass is 19.4. The summed E-state index contributed by atoms with van der Waals surface area (Å²) in [5, 5.41) is 8.58. The van der Waals surface area contributed by atoms with Gasteiger partial charge in [0, 0.05) is 18.4 Å². The summed E-state index contributed by atoms with van der Waals surface area (Å²) in [7, 11) is 1.33. The molecule has 94 valence electrons. The summed E-state index contributed by atoms with van der Waals surface area (Å²) >= 11 is 0. The van der Waals surface area contributed by atoms with Crippen molar-refractivity contribution in [3.8, 4) is 5.88 Å². The number of hydrogen-bond donors (Lipinski definition) is 1. The SMILES string of the molecule is COc1ncc(C(F)(F)F)cc1C=CCCO. The lowest BCUT2D eigenvalue weighted by molar-refractivity contribution is -0.137. The number of hydrogen-bond acceptors (Lipinski definition) is 3. The van der Waals surface area contributed by atoms with E-state index in [2.05, 4.69) is 4.98 Å². The van der Waals surface area contributed by atoms with E-state index < -0.39 is 11.7 Å². The minimum atomic E-state index is -4.43. The zero-order valence-electron chi connectivity index (χ0n) is 9.16. The van der Waals surface area contributed by atoms with Crippen LogP contribution in [0, 0.1) is 0 Å². The Morgan fingerprint density at radius 2 is 2.18 bits per heavy atom. The average Bonchev–Trinajstić information content (AvgIpc) is 2.28. The van der Waals surface area contributed by atoms with E-state index in [1.54, 1.807) is 6.08 Å². The molecule has 0 aliphatic carbocycles. The summed E-state index contributed by atoms with van der Waals surface area (Å²) in [6, 6.07) is 0.958. The fourth-order valence-electron chi connectivity index (χ4n) is 1.20. The number of aliphatic hydroxyl groups is 1. The van der Waals surface area contributed by atoms with Crippen LogP contribution in [0.3, 0.4) is 0 Å². The van der Waals surface area contributed by atoms with Crippen molar-refractivity contribution < 1.29 is 23.0 Å². The molecule has 1 N–H and O–H groups in total. The number of aromatic nitrogens is 1. The Labute approximate surface area is 96.6 Å². The topological polar surface area (TPSA) is 42.4 Å². The van der Waals surface area contributed by atoms with Gasteiger partial charge >= 0.3 is 6.18 Å². The maximum absolute atomic E-state index is 12.4. The van der Waals surface area contributed by atoms with Gasteiger partial charge in [-0.15, -0.1) is 0 Å². The van der Waals surface area contributed by atoms with Gasteiger partial charge in [-0.1, -0.05) is 12.2 Å². The molecule has 1 aromatic rings. The third-order valence-electron chi connectivity index (χ3n) is 1.99. The zero-order chi connectivity index (χ0) is 12.9. The molecule has 1 rings (SSSR count). The highest BCUT2D eigenvalue weighted by Crippen LogP contribution is 2.31. The molecule has 0 saturated heterocycles. The summed E-state index contributed by atoms with van der Waals surface area (Å²) in [6.45, 7) is -0.0643. The molecule has 0 radical (unpaired) electrons. The molecule has 0 bridgehead atoms. The van der Waals surface area contributed by atoms with E-state index >= 15 is 0 Å². The molecule has 0 fully saturated rings. The van der Waals surface area contributed by atoms with E-state index in [-0.39, 0.29) is 18.1 Å². The first-order valence-electron chi connectivity index (χ1n) is 4.87. The number of rotatable bonds is 4. The quantitative estimate of drug-likeness (QED) is 0.888. The van der Waals surface area contributed by atoms with Crippen LogP contribution in [0.5, 0.6) is 5.88 Å². The lowest BCUT2D eigenvalue weighted by Crippen LogP contribution is -2.06. The second-order valence-electron chi connectivity index (χ2n) is 3.23. The van der Waals surface area contributed by atoms with E-state index in [1.807, 2.05) is 0 Å². The molecule has 0 saturated carbocycles. The normalized spacial score (nSPS) is 12.1. The van der Waals surface area contributed by atoms with Gasteiger partial charge in [-0.2, -0.15) is 13.2 Å². The fraction of sp³-hybridized carbons (Fsp3) is 0.364. The van der Waals surface area contributed by atoms with Crippen molar-refractivity contribution >= 4 is 6.08 Å². The first-order chi connectivity index (χ1) is 7.99. The summed E-state index contributed by atoms with van der Waals surface area (Å²) in [5.74, 6) is 0.118. The van der Waals surface area contributed by atoms with Crippen LogP contribution in [0.1, 0.15) is 17.5 Å². The summed E-state index contributed by atoms with van der Waals surface area (Å²) in [4.78, 5) is 3.59. The Balaban J connectivity index is 3.07. The second-order valence-corrected chi connectivity index (χ2v) is 3.23. The van der Waals surface area contributed by atoms with E-state index in [1.165, 1.54) is 13.2 Å². The molecule has 1 aromatic heterocycles. The molecule has 0 unspecified atom stereocenters. The van der Waals surface area contributed by atoms with Gasteiger partial charge in [-0.25, -0.2) is 4.98 Å². The maximum Gasteiger partial charge on any atom is 0.417 e. The average molecular weight is 247 g/mol. The Hall–Kier alpha value is -1.56. The van der Waals surface area contributed by atoms with Crippen molar-refractivity contribution in [3.63, 3.8) is 0 Å². The monoisotopic (exact) mass is 247 g/mol. The van der Waals surface area contributed by atoms with Crippen LogP contribution in [0.25, 0.3) is 6.08 Å². The van der Waals surface area contributed by atoms with Crippen LogP contribution < -0.4 is 4.74 Å². The molecule has 0 aliphatic heterocycles. The Morgan fingerprint density at radius 3 is 2.71 bits per heavy atom. The number of ether oxygens (including phenoxy) is 1. The first kappa shape index (κ1) is 13.5. The molecule has 0 amide bonds. The summed E-state index contributed by atoms with van der Waals surface area (Å²) < 4.78 is 42.2. The minimum Gasteiger partial charge on any atom is -0.481 e. The van der Waals surface area contributed by atoms with Crippen LogP contribution in [0.4, 0.5) is 13.2 Å². The number of alkyl halides is 3. The molecule has 0 spiro atoms. The van der Waals surface area contributed by atoms with Gasteiger partial charge in [-0.3, -0.25) is 0 Å². The van der Waals surface area contributed by atoms with Crippen molar-refractivity contribution in [2.24, 2.45) is 0 Å². The van der Waals surface area contributed by atoms with Crippen molar-refractivity contribution in [2.45, 2.75) is 12.6 Å². The van der Waals surface area contributed by atoms with Crippen LogP contribution >= 0.6 is 0 Å². The molecule has 17 heavy (non-hydrogen) atoms. The van der Waals surface area contributed by atoms with Gasteiger partial charge in [0.25, 0.3) is 0 Å². The van der Waals surface area contributed by atoms with Crippen LogP contribution in [-0.4, -0.2) is 23.8 Å². The molecule has 0 aliphatic rings. The smallest absolute Gasteiger partial charge is 0.417 e. The van der Waals surface area contributed by atoms with Gasteiger partial charge in [0.1, 0.15) is 0 Å². The van der Waals surface area contributed by atoms with E-state index in [0.717, 1.165) is 12.3 Å². The summed E-state index contributed by atoms with van der Waals surface area (Å²) in [6.07, 6.45) is -0.350. The lowest BCUT2D eigenvalue weighted by Gasteiger charge is -2.09. The predicted octanol–water partition coefficient (Wildman–Crippen LogP) is 2.50. The van der Waals surface area contributed by atoms with Crippen LogP contribution in [0.2, 0.25) is 0 Å². The molecular weight excluding hydrogens is 235 g/mol. The Morgan fingerprint density at radius 1 is 1.47 bits per heavy atom. The third kappa shape index (κ3) is 3.74. The van der Waals surface area contributed by atoms with Crippen molar-refractivity contribution in [1.82, 2.24) is 4.98 Å².